The molecule has 0 aromatic heterocycles. The topological polar surface area (TPSA) is 58.2 Å². The van der Waals surface area contributed by atoms with E-state index in [2.05, 4.69) is 16.7 Å². The van der Waals surface area contributed by atoms with E-state index in [1.807, 2.05) is 33.8 Å². The van der Waals surface area contributed by atoms with Crippen molar-refractivity contribution in [2.24, 2.45) is 0 Å². The van der Waals surface area contributed by atoms with Gasteiger partial charge in [-0.1, -0.05) is 35.3 Å². The summed E-state index contributed by atoms with van der Waals surface area (Å²) in [7, 11) is 0. The fourth-order valence-electron chi connectivity index (χ4n) is 2.60. The van der Waals surface area contributed by atoms with Crippen LogP contribution in [-0.2, 0) is 9.59 Å². The van der Waals surface area contributed by atoms with E-state index in [0.717, 1.165) is 16.7 Å². The molecular formula is C19H20Cl2N2O2. The van der Waals surface area contributed by atoms with Crippen LogP contribution in [0.15, 0.2) is 30.3 Å². The van der Waals surface area contributed by atoms with Crippen LogP contribution in [0.2, 0.25) is 10.0 Å². The number of anilines is 1. The summed E-state index contributed by atoms with van der Waals surface area (Å²) in [6.07, 6.45) is 0. The highest BCUT2D eigenvalue weighted by molar-refractivity contribution is 6.40. The third-order valence-electron chi connectivity index (χ3n) is 4.02. The molecule has 0 saturated heterocycles. The fraction of sp³-hybridized carbons (Fsp3) is 0.263. The average molecular weight is 379 g/mol. The van der Waals surface area contributed by atoms with E-state index < -0.39 is 11.8 Å². The molecule has 4 nitrogen and oxygen atoms in total. The van der Waals surface area contributed by atoms with E-state index in [-0.39, 0.29) is 6.04 Å². The summed E-state index contributed by atoms with van der Waals surface area (Å²) in [4.78, 5) is 24.3. The Morgan fingerprint density at radius 3 is 2.00 bits per heavy atom. The number of aryl methyl sites for hydroxylation is 3. The SMILES string of the molecule is Cc1cc(C)c(C(C)NC(=O)C(=O)Nc2cc(Cl)cc(Cl)c2)cc1C. The molecule has 0 radical (unpaired) electrons. The summed E-state index contributed by atoms with van der Waals surface area (Å²) in [5.74, 6) is -1.49. The lowest BCUT2D eigenvalue weighted by Gasteiger charge is -2.18. The zero-order chi connectivity index (χ0) is 18.7. The molecule has 132 valence electrons. The maximum atomic E-state index is 12.2. The number of hydrogen-bond donors (Lipinski definition) is 2. The zero-order valence-electron chi connectivity index (χ0n) is 14.5. The van der Waals surface area contributed by atoms with Crippen molar-refractivity contribution in [2.75, 3.05) is 5.32 Å². The molecule has 2 aromatic carbocycles. The zero-order valence-corrected chi connectivity index (χ0v) is 16.0. The molecule has 0 fully saturated rings. The Labute approximate surface area is 157 Å². The standard InChI is InChI=1S/C19H20Cl2N2O2/c1-10-5-12(3)17(6-11(10)2)13(4)22-18(24)19(25)23-16-8-14(20)7-15(21)9-16/h5-9,13H,1-4H3,(H,22,24)(H,23,25). The van der Waals surface area contributed by atoms with Crippen LogP contribution in [0, 0.1) is 20.8 Å². The van der Waals surface area contributed by atoms with E-state index >= 15 is 0 Å². The fourth-order valence-corrected chi connectivity index (χ4v) is 3.13. The molecule has 0 aliphatic rings. The number of carbonyl (C=O) groups excluding carboxylic acids is 2. The van der Waals surface area contributed by atoms with E-state index in [9.17, 15) is 9.59 Å². The molecule has 0 saturated carbocycles. The molecule has 1 atom stereocenters. The minimum absolute atomic E-state index is 0.291. The van der Waals surface area contributed by atoms with Crippen molar-refractivity contribution in [1.29, 1.82) is 0 Å². The molecule has 0 aliphatic heterocycles. The molecule has 0 heterocycles. The highest BCUT2D eigenvalue weighted by atomic mass is 35.5. The van der Waals surface area contributed by atoms with Crippen LogP contribution in [0.5, 0.6) is 0 Å². The molecular weight excluding hydrogens is 359 g/mol. The van der Waals surface area contributed by atoms with E-state index in [4.69, 9.17) is 23.2 Å². The Hall–Kier alpha value is -2.04. The first kappa shape index (κ1) is 19.3. The van der Waals surface area contributed by atoms with Crippen molar-refractivity contribution in [3.63, 3.8) is 0 Å². The smallest absolute Gasteiger partial charge is 0.313 e. The Morgan fingerprint density at radius 1 is 0.840 bits per heavy atom. The third kappa shape index (κ3) is 4.97. The number of carbonyl (C=O) groups is 2. The van der Waals surface area contributed by atoms with Gasteiger partial charge in [0, 0.05) is 15.7 Å². The van der Waals surface area contributed by atoms with Crippen molar-refractivity contribution < 1.29 is 9.59 Å². The Morgan fingerprint density at radius 2 is 1.40 bits per heavy atom. The Kier molecular flexibility index (Phi) is 6.09. The molecule has 2 rings (SSSR count). The molecule has 2 amide bonds. The predicted octanol–water partition coefficient (Wildman–Crippen LogP) is 4.73. The van der Waals surface area contributed by atoms with Gasteiger partial charge in [-0.25, -0.2) is 0 Å². The Bertz CT molecular complexity index is 814. The first-order valence-electron chi connectivity index (χ1n) is 7.83. The maximum Gasteiger partial charge on any atom is 0.313 e. The second kappa shape index (κ2) is 7.89. The minimum atomic E-state index is -0.772. The second-order valence-corrected chi connectivity index (χ2v) is 6.97. The Balaban J connectivity index is 2.08. The normalized spacial score (nSPS) is 11.8. The van der Waals surface area contributed by atoms with Gasteiger partial charge < -0.3 is 10.6 Å². The number of nitrogens with one attached hydrogen (secondary N) is 2. The van der Waals surface area contributed by atoms with Gasteiger partial charge in [0.2, 0.25) is 0 Å². The molecule has 0 bridgehead atoms. The molecule has 2 aromatic rings. The molecule has 2 N–H and O–H groups in total. The number of hydrogen-bond acceptors (Lipinski definition) is 2. The molecule has 0 aliphatic carbocycles. The number of benzene rings is 2. The maximum absolute atomic E-state index is 12.2. The minimum Gasteiger partial charge on any atom is -0.341 e. The van der Waals surface area contributed by atoms with Crippen LogP contribution in [0.1, 0.15) is 35.2 Å². The van der Waals surface area contributed by atoms with Gasteiger partial charge in [-0.05, 0) is 68.1 Å². The van der Waals surface area contributed by atoms with E-state index in [1.54, 1.807) is 6.07 Å². The second-order valence-electron chi connectivity index (χ2n) is 6.10. The number of amides is 2. The molecule has 6 heteroatoms. The summed E-state index contributed by atoms with van der Waals surface area (Å²) in [6, 6.07) is 8.40. The highest BCUT2D eigenvalue weighted by Crippen LogP contribution is 2.23. The van der Waals surface area contributed by atoms with Crippen molar-refractivity contribution in [3.8, 4) is 0 Å². The van der Waals surface area contributed by atoms with Crippen LogP contribution in [0.4, 0.5) is 5.69 Å². The van der Waals surface area contributed by atoms with Crippen LogP contribution in [0.3, 0.4) is 0 Å². The lowest BCUT2D eigenvalue weighted by atomic mass is 9.96. The van der Waals surface area contributed by atoms with Gasteiger partial charge in [-0.2, -0.15) is 0 Å². The van der Waals surface area contributed by atoms with Gasteiger partial charge >= 0.3 is 11.8 Å². The van der Waals surface area contributed by atoms with Crippen LogP contribution in [-0.4, -0.2) is 11.8 Å². The first-order valence-corrected chi connectivity index (χ1v) is 8.58. The average Bonchev–Trinajstić information content (AvgIpc) is 2.49. The molecule has 1 unspecified atom stereocenters. The predicted molar refractivity (Wildman–Crippen MR) is 102 cm³/mol. The van der Waals surface area contributed by atoms with Gasteiger partial charge in [0.25, 0.3) is 0 Å². The van der Waals surface area contributed by atoms with Crippen LogP contribution in [0.25, 0.3) is 0 Å². The summed E-state index contributed by atoms with van der Waals surface area (Å²) in [5, 5.41) is 5.97. The van der Waals surface area contributed by atoms with Gasteiger partial charge in [-0.15, -0.1) is 0 Å². The number of rotatable bonds is 3. The number of halogens is 2. The highest BCUT2D eigenvalue weighted by Gasteiger charge is 2.19. The van der Waals surface area contributed by atoms with Crippen LogP contribution >= 0.6 is 23.2 Å². The molecule has 0 spiro atoms. The van der Waals surface area contributed by atoms with Gasteiger partial charge in [0.05, 0.1) is 6.04 Å². The first-order chi connectivity index (χ1) is 11.7. The van der Waals surface area contributed by atoms with Gasteiger partial charge in [-0.3, -0.25) is 9.59 Å². The quantitative estimate of drug-likeness (QED) is 0.758. The van der Waals surface area contributed by atoms with E-state index in [0.29, 0.717) is 15.7 Å². The lowest BCUT2D eigenvalue weighted by Crippen LogP contribution is -2.37. The van der Waals surface area contributed by atoms with Crippen molar-refractivity contribution >= 4 is 40.7 Å². The third-order valence-corrected chi connectivity index (χ3v) is 4.46. The van der Waals surface area contributed by atoms with Crippen molar-refractivity contribution in [1.82, 2.24) is 5.32 Å². The van der Waals surface area contributed by atoms with Crippen LogP contribution < -0.4 is 10.6 Å². The summed E-state index contributed by atoms with van der Waals surface area (Å²) in [6.45, 7) is 7.89. The molecule has 25 heavy (non-hydrogen) atoms. The summed E-state index contributed by atoms with van der Waals surface area (Å²) < 4.78 is 0. The van der Waals surface area contributed by atoms with Gasteiger partial charge in [0.1, 0.15) is 0 Å². The van der Waals surface area contributed by atoms with E-state index in [1.165, 1.54) is 17.7 Å². The van der Waals surface area contributed by atoms with Gasteiger partial charge in [0.15, 0.2) is 0 Å². The lowest BCUT2D eigenvalue weighted by molar-refractivity contribution is -0.136. The largest absolute Gasteiger partial charge is 0.341 e. The van der Waals surface area contributed by atoms with Crippen molar-refractivity contribution in [3.05, 3.63) is 62.6 Å². The monoisotopic (exact) mass is 378 g/mol. The summed E-state index contributed by atoms with van der Waals surface area (Å²) >= 11 is 11.8. The summed E-state index contributed by atoms with van der Waals surface area (Å²) in [5.41, 5.74) is 4.75. The van der Waals surface area contributed by atoms with Crippen molar-refractivity contribution in [2.45, 2.75) is 33.7 Å².